The summed E-state index contributed by atoms with van der Waals surface area (Å²) in [5.41, 5.74) is 0. The fourth-order valence-corrected chi connectivity index (χ4v) is 8.08. The van der Waals surface area contributed by atoms with Gasteiger partial charge in [0.1, 0.15) is 22.4 Å². The van der Waals surface area contributed by atoms with Crippen molar-refractivity contribution in [1.82, 2.24) is 9.80 Å². The van der Waals surface area contributed by atoms with Gasteiger partial charge in [0.15, 0.2) is 9.84 Å². The van der Waals surface area contributed by atoms with Crippen LogP contribution >= 0.6 is 35.3 Å². The monoisotopic (exact) mass is 536 g/mol. The molecule has 3 aliphatic rings. The predicted molar refractivity (Wildman–Crippen MR) is 137 cm³/mol. The van der Waals surface area contributed by atoms with E-state index in [4.69, 9.17) is 16.6 Å². The lowest BCUT2D eigenvalue weighted by molar-refractivity contribution is -0.137. The van der Waals surface area contributed by atoms with Gasteiger partial charge in [0.2, 0.25) is 5.91 Å². The predicted octanol–water partition coefficient (Wildman–Crippen LogP) is 3.88. The zero-order chi connectivity index (χ0) is 24.0. The Hall–Kier alpha value is -1.95. The second-order valence-corrected chi connectivity index (χ2v) is 13.9. The number of thioether (sulfide) groups is 1. The van der Waals surface area contributed by atoms with Crippen LogP contribution in [0, 0.1) is 5.92 Å². The van der Waals surface area contributed by atoms with Crippen LogP contribution in [-0.4, -0.2) is 58.4 Å². The number of carbonyl (C=O) groups excluding carboxylic acids is 2. The van der Waals surface area contributed by atoms with Gasteiger partial charge in [-0.3, -0.25) is 14.5 Å². The number of sulfone groups is 1. The first-order valence-corrected chi connectivity index (χ1v) is 15.0. The quantitative estimate of drug-likeness (QED) is 0.392. The molecule has 3 unspecified atom stereocenters. The zero-order valence-corrected chi connectivity index (χ0v) is 21.8. The minimum absolute atomic E-state index is 0.0506. The second-order valence-electron chi connectivity index (χ2n) is 8.99. The lowest BCUT2D eigenvalue weighted by Gasteiger charge is -2.29. The fraction of sp³-hybridized carbons (Fsp3) is 0.435. The number of furan rings is 1. The van der Waals surface area contributed by atoms with E-state index < -0.39 is 15.9 Å². The van der Waals surface area contributed by atoms with Crippen LogP contribution in [0.5, 0.6) is 0 Å². The topological polar surface area (TPSA) is 87.9 Å². The highest BCUT2D eigenvalue weighted by atomic mass is 32.2. The van der Waals surface area contributed by atoms with Crippen LogP contribution in [0.1, 0.15) is 42.1 Å². The third kappa shape index (κ3) is 5.02. The smallest absolute Gasteiger partial charge is 0.266 e. The van der Waals surface area contributed by atoms with Crippen molar-refractivity contribution in [3.63, 3.8) is 0 Å². The number of amides is 2. The molecule has 0 aromatic carbocycles. The summed E-state index contributed by atoms with van der Waals surface area (Å²) in [6.07, 6.45) is 3.24. The number of nitrogens with zero attached hydrogens (tertiary/aromatic N) is 2. The molecular weight excluding hydrogens is 513 g/mol. The molecule has 2 saturated heterocycles. The summed E-state index contributed by atoms with van der Waals surface area (Å²) in [7, 11) is -3.20. The first kappa shape index (κ1) is 23.8. The van der Waals surface area contributed by atoms with Crippen LogP contribution in [0.2, 0.25) is 0 Å². The highest BCUT2D eigenvalue weighted by molar-refractivity contribution is 8.26. The molecule has 2 aromatic heterocycles. The van der Waals surface area contributed by atoms with Crippen LogP contribution < -0.4 is 0 Å². The second kappa shape index (κ2) is 9.25. The van der Waals surface area contributed by atoms with Crippen LogP contribution in [0.25, 0.3) is 6.08 Å². The molecule has 0 N–H and O–H groups in total. The van der Waals surface area contributed by atoms with Crippen molar-refractivity contribution in [2.75, 3.05) is 18.1 Å². The van der Waals surface area contributed by atoms with E-state index in [9.17, 15) is 18.0 Å². The molecule has 2 aromatic rings. The molecule has 1 aliphatic carbocycles. The molecule has 3 fully saturated rings. The van der Waals surface area contributed by atoms with Crippen molar-refractivity contribution in [2.24, 2.45) is 5.92 Å². The van der Waals surface area contributed by atoms with E-state index >= 15 is 0 Å². The van der Waals surface area contributed by atoms with E-state index in [0.29, 0.717) is 33.2 Å². The molecule has 11 heteroatoms. The van der Waals surface area contributed by atoms with Crippen molar-refractivity contribution < 1.29 is 22.4 Å². The zero-order valence-electron chi connectivity index (χ0n) is 18.5. The van der Waals surface area contributed by atoms with Gasteiger partial charge in [0, 0.05) is 16.8 Å². The minimum atomic E-state index is -3.20. The number of hydrogen-bond acceptors (Lipinski definition) is 8. The molecule has 0 radical (unpaired) electrons. The molecule has 34 heavy (non-hydrogen) atoms. The average Bonchev–Trinajstić information content (AvgIpc) is 3.25. The Kier molecular flexibility index (Phi) is 6.47. The van der Waals surface area contributed by atoms with E-state index in [1.807, 2.05) is 29.6 Å². The van der Waals surface area contributed by atoms with Crippen molar-refractivity contribution in [2.45, 2.75) is 38.3 Å². The lowest BCUT2D eigenvalue weighted by atomic mass is 10.2. The van der Waals surface area contributed by atoms with Gasteiger partial charge in [0.25, 0.3) is 5.91 Å². The maximum Gasteiger partial charge on any atom is 0.266 e. The summed E-state index contributed by atoms with van der Waals surface area (Å²) >= 11 is 8.08. The van der Waals surface area contributed by atoms with Crippen LogP contribution in [0.3, 0.4) is 0 Å². The maximum absolute atomic E-state index is 13.4. The Morgan fingerprint density at radius 3 is 2.79 bits per heavy atom. The van der Waals surface area contributed by atoms with Gasteiger partial charge in [-0.15, -0.1) is 11.3 Å². The summed E-state index contributed by atoms with van der Waals surface area (Å²) in [5, 5.41) is 1.92. The first-order chi connectivity index (χ1) is 16.2. The molecule has 2 aliphatic heterocycles. The van der Waals surface area contributed by atoms with Crippen molar-refractivity contribution in [1.29, 1.82) is 0 Å². The summed E-state index contributed by atoms with van der Waals surface area (Å²) in [5.74, 6) is 1.85. The first-order valence-electron chi connectivity index (χ1n) is 11.1. The number of hydrogen-bond donors (Lipinski definition) is 0. The van der Waals surface area contributed by atoms with Crippen LogP contribution in [0.15, 0.2) is 39.0 Å². The van der Waals surface area contributed by atoms with E-state index in [0.717, 1.165) is 17.1 Å². The Labute approximate surface area is 212 Å². The summed E-state index contributed by atoms with van der Waals surface area (Å²) < 4.78 is 30.6. The lowest BCUT2D eigenvalue weighted by Crippen LogP contribution is -2.46. The molecule has 7 nitrogen and oxygen atoms in total. The SMILES string of the molecule is CC1CC1c1ccc(CN(C(=O)CN2C(=O)/C(=C/c3cccs3)SC2=S)C2CCS(=O)(=O)C2)o1. The molecule has 0 bridgehead atoms. The number of thiophene rings is 1. The van der Waals surface area contributed by atoms with Crippen LogP contribution in [-0.2, 0) is 26.0 Å². The minimum Gasteiger partial charge on any atom is -0.464 e. The Balaban J connectivity index is 1.33. The number of carbonyl (C=O) groups is 2. The summed E-state index contributed by atoms with van der Waals surface area (Å²) in [6.45, 7) is 2.11. The normalized spacial score (nSPS) is 27.0. The Bertz CT molecular complexity index is 1260. The molecule has 1 saturated carbocycles. The highest BCUT2D eigenvalue weighted by Gasteiger charge is 2.40. The van der Waals surface area contributed by atoms with Crippen molar-refractivity contribution in [3.05, 3.63) is 50.9 Å². The number of rotatable bonds is 7. The van der Waals surface area contributed by atoms with Gasteiger partial charge in [-0.1, -0.05) is 37.0 Å². The Morgan fingerprint density at radius 1 is 1.35 bits per heavy atom. The average molecular weight is 537 g/mol. The van der Waals surface area contributed by atoms with Gasteiger partial charge >= 0.3 is 0 Å². The molecule has 180 valence electrons. The van der Waals surface area contributed by atoms with E-state index in [1.54, 1.807) is 11.0 Å². The standard InChI is InChI=1S/C23H24N2O5S4/c1-14-9-18(14)19-5-4-16(30-19)11-24(15-6-8-34(28,29)13-15)21(26)12-25-22(27)20(33-23(25)31)10-17-3-2-7-32-17/h2-5,7,10,14-15,18H,6,8-9,11-13H2,1H3/b20-10-. The Morgan fingerprint density at radius 2 is 2.15 bits per heavy atom. The molecule has 5 rings (SSSR count). The molecule has 2 amide bonds. The molecular formula is C23H24N2O5S4. The van der Waals surface area contributed by atoms with E-state index in [1.165, 1.54) is 28.0 Å². The van der Waals surface area contributed by atoms with Crippen molar-refractivity contribution >= 4 is 67.4 Å². The fourth-order valence-electron chi connectivity index (χ4n) is 4.37. The highest BCUT2D eigenvalue weighted by Crippen LogP contribution is 2.47. The van der Waals surface area contributed by atoms with Gasteiger partial charge in [0.05, 0.1) is 23.0 Å². The summed E-state index contributed by atoms with van der Waals surface area (Å²) in [6, 6.07) is 7.15. The number of thiocarbonyl (C=S) groups is 1. The largest absolute Gasteiger partial charge is 0.464 e. The van der Waals surface area contributed by atoms with Crippen molar-refractivity contribution in [3.8, 4) is 0 Å². The van der Waals surface area contributed by atoms with Gasteiger partial charge in [-0.25, -0.2) is 8.42 Å². The molecule has 4 heterocycles. The summed E-state index contributed by atoms with van der Waals surface area (Å²) in [4.78, 5) is 30.7. The van der Waals surface area contributed by atoms with E-state index in [2.05, 4.69) is 6.92 Å². The van der Waals surface area contributed by atoms with Gasteiger partial charge in [-0.05, 0) is 48.4 Å². The molecule has 3 atom stereocenters. The van der Waals surface area contributed by atoms with E-state index in [-0.39, 0.29) is 36.4 Å². The van der Waals surface area contributed by atoms with Gasteiger partial charge in [-0.2, -0.15) is 0 Å². The van der Waals surface area contributed by atoms with Gasteiger partial charge < -0.3 is 9.32 Å². The molecule has 0 spiro atoms. The third-order valence-corrected chi connectivity index (χ3v) is 10.4. The van der Waals surface area contributed by atoms with Crippen LogP contribution in [0.4, 0.5) is 0 Å². The third-order valence-electron chi connectivity index (χ3n) is 6.44. The maximum atomic E-state index is 13.4.